The van der Waals surface area contributed by atoms with Crippen LogP contribution in [0, 0.1) is 0 Å². The van der Waals surface area contributed by atoms with E-state index in [1.54, 1.807) is 0 Å². The Hall–Kier alpha value is -0.893. The van der Waals surface area contributed by atoms with Crippen LogP contribution in [-0.4, -0.2) is 15.1 Å². The van der Waals surface area contributed by atoms with E-state index < -0.39 is 8.80 Å². The van der Waals surface area contributed by atoms with Gasteiger partial charge in [0, 0.05) is 5.56 Å². The lowest BCUT2D eigenvalue weighted by atomic mass is 10.2. The molecule has 0 amide bonds. The van der Waals surface area contributed by atoms with E-state index in [1.165, 1.54) is 5.19 Å². The van der Waals surface area contributed by atoms with Crippen LogP contribution in [0.15, 0.2) is 24.3 Å². The van der Waals surface area contributed by atoms with Crippen LogP contribution in [0.25, 0.3) is 0 Å². The average Bonchev–Trinajstić information content (AvgIpc) is 2.15. The monoisotopic (exact) mass is 206 g/mol. The molecule has 0 saturated carbocycles. The molecule has 0 spiro atoms. The molecule has 0 aliphatic carbocycles. The molecule has 0 radical (unpaired) electrons. The van der Waals surface area contributed by atoms with Crippen LogP contribution in [0.3, 0.4) is 0 Å². The summed E-state index contributed by atoms with van der Waals surface area (Å²) in [5.74, 6) is 0. The van der Waals surface area contributed by atoms with Crippen molar-refractivity contribution in [2.45, 2.75) is 32.4 Å². The summed E-state index contributed by atoms with van der Waals surface area (Å²) in [6.07, 6.45) is 0.896. The van der Waals surface area contributed by atoms with Crippen LogP contribution in [0.1, 0.15) is 31.1 Å². The molecule has 76 valence electrons. The van der Waals surface area contributed by atoms with Gasteiger partial charge in [0.05, 0.1) is 8.80 Å². The van der Waals surface area contributed by atoms with Crippen molar-refractivity contribution in [1.29, 1.82) is 0 Å². The summed E-state index contributed by atoms with van der Waals surface area (Å²) in [5, 5.41) is 1.84. The van der Waals surface area contributed by atoms with E-state index in [4.69, 9.17) is 0 Å². The van der Waals surface area contributed by atoms with Gasteiger partial charge in [0.1, 0.15) is 6.29 Å². The first kappa shape index (κ1) is 11.2. The summed E-state index contributed by atoms with van der Waals surface area (Å²) < 4.78 is 0. The van der Waals surface area contributed by atoms with E-state index in [1.807, 2.05) is 12.1 Å². The van der Waals surface area contributed by atoms with Gasteiger partial charge in [-0.25, -0.2) is 0 Å². The lowest BCUT2D eigenvalue weighted by molar-refractivity contribution is 0.112. The minimum absolute atomic E-state index is 0.405. The van der Waals surface area contributed by atoms with Gasteiger partial charge in [-0.05, 0) is 5.04 Å². The number of hydrogen-bond donors (Lipinski definition) is 0. The Morgan fingerprint density at radius 3 is 2.00 bits per heavy atom. The molecule has 0 saturated heterocycles. The normalized spacial score (nSPS) is 13.7. The van der Waals surface area contributed by atoms with Gasteiger partial charge in [0.15, 0.2) is 0 Å². The van der Waals surface area contributed by atoms with Crippen molar-refractivity contribution in [3.8, 4) is 0 Å². The third-order valence-electron chi connectivity index (χ3n) is 2.87. The van der Waals surface area contributed by atoms with Crippen LogP contribution in [-0.2, 0) is 0 Å². The van der Waals surface area contributed by atoms with Crippen molar-refractivity contribution in [2.75, 3.05) is 0 Å². The largest absolute Gasteiger partial charge is 0.298 e. The van der Waals surface area contributed by atoms with Crippen LogP contribution in [0.2, 0.25) is 11.6 Å². The quantitative estimate of drug-likeness (QED) is 0.536. The molecule has 1 atom stereocenters. The third-order valence-corrected chi connectivity index (χ3v) is 6.85. The molecule has 1 aromatic carbocycles. The Morgan fingerprint density at radius 1 is 1.14 bits per heavy atom. The molecule has 1 rings (SSSR count). The summed E-state index contributed by atoms with van der Waals surface area (Å²) >= 11 is 0. The number of aldehydes is 1. The van der Waals surface area contributed by atoms with Gasteiger partial charge < -0.3 is 0 Å². The topological polar surface area (TPSA) is 17.1 Å². The number of rotatable bonds is 2. The molecule has 1 nitrogen and oxygen atoms in total. The van der Waals surface area contributed by atoms with E-state index in [0.29, 0.717) is 5.04 Å². The van der Waals surface area contributed by atoms with Gasteiger partial charge in [-0.2, -0.15) is 0 Å². The minimum Gasteiger partial charge on any atom is -0.298 e. The molecule has 0 N–H and O–H groups in total. The molecule has 0 heterocycles. The number of carbonyl (C=O) groups excluding carboxylic acids is 1. The lowest BCUT2D eigenvalue weighted by Gasteiger charge is -2.26. The second-order valence-electron chi connectivity index (χ2n) is 4.87. The highest BCUT2D eigenvalue weighted by Gasteiger charge is 2.22. The smallest absolute Gasteiger partial charge is 0.150 e. The predicted octanol–water partition coefficient (Wildman–Crippen LogP) is 2.36. The highest BCUT2D eigenvalue weighted by molar-refractivity contribution is 6.74. The third kappa shape index (κ3) is 2.55. The molecule has 14 heavy (non-hydrogen) atoms. The standard InChI is InChI=1S/C12H18OSi/c1-12(2,3)14(4)11-7-5-10(9-13)6-8-11/h5-9,14H,1-4H3. The van der Waals surface area contributed by atoms with Crippen molar-refractivity contribution in [1.82, 2.24) is 0 Å². The van der Waals surface area contributed by atoms with Crippen molar-refractivity contribution < 1.29 is 4.79 Å². The Bertz CT molecular complexity index is 308. The van der Waals surface area contributed by atoms with E-state index in [0.717, 1.165) is 11.8 Å². The molecule has 0 fully saturated rings. The van der Waals surface area contributed by atoms with Gasteiger partial charge in [0.2, 0.25) is 0 Å². The number of carbonyl (C=O) groups is 1. The fourth-order valence-electron chi connectivity index (χ4n) is 1.36. The van der Waals surface area contributed by atoms with Gasteiger partial charge in [-0.15, -0.1) is 0 Å². The molecule has 0 bridgehead atoms. The molecular formula is C12H18OSi. The van der Waals surface area contributed by atoms with E-state index >= 15 is 0 Å². The van der Waals surface area contributed by atoms with Crippen molar-refractivity contribution in [3.05, 3.63) is 29.8 Å². The maximum Gasteiger partial charge on any atom is 0.150 e. The van der Waals surface area contributed by atoms with Crippen LogP contribution in [0.5, 0.6) is 0 Å². The van der Waals surface area contributed by atoms with Gasteiger partial charge in [0.25, 0.3) is 0 Å². The predicted molar refractivity (Wildman–Crippen MR) is 64.2 cm³/mol. The maximum absolute atomic E-state index is 10.5. The molecule has 1 aromatic rings. The van der Waals surface area contributed by atoms with E-state index in [-0.39, 0.29) is 0 Å². The fourth-order valence-corrected chi connectivity index (χ4v) is 3.13. The first-order valence-electron chi connectivity index (χ1n) is 5.00. The number of hydrogen-bond acceptors (Lipinski definition) is 1. The van der Waals surface area contributed by atoms with Gasteiger partial charge in [-0.1, -0.05) is 56.8 Å². The number of benzene rings is 1. The first-order valence-corrected chi connectivity index (χ1v) is 7.31. The first-order chi connectivity index (χ1) is 6.45. The molecular weight excluding hydrogens is 188 g/mol. The second-order valence-corrected chi connectivity index (χ2v) is 8.71. The molecule has 0 aliphatic rings. The van der Waals surface area contributed by atoms with Gasteiger partial charge >= 0.3 is 0 Å². The van der Waals surface area contributed by atoms with E-state index in [9.17, 15) is 4.79 Å². The van der Waals surface area contributed by atoms with Crippen molar-refractivity contribution in [2.24, 2.45) is 0 Å². The summed E-state index contributed by atoms with van der Waals surface area (Å²) in [4.78, 5) is 10.5. The molecule has 0 aliphatic heterocycles. The van der Waals surface area contributed by atoms with Crippen LogP contribution >= 0.6 is 0 Å². The Morgan fingerprint density at radius 2 is 1.64 bits per heavy atom. The Labute approximate surface area is 87.8 Å². The zero-order valence-corrected chi connectivity index (χ0v) is 10.5. The highest BCUT2D eigenvalue weighted by Crippen LogP contribution is 2.26. The lowest BCUT2D eigenvalue weighted by Crippen LogP contribution is -2.35. The summed E-state index contributed by atoms with van der Waals surface area (Å²) in [7, 11) is -0.896. The summed E-state index contributed by atoms with van der Waals surface area (Å²) in [6, 6.07) is 8.03. The molecule has 0 aromatic heterocycles. The van der Waals surface area contributed by atoms with Crippen molar-refractivity contribution >= 4 is 20.3 Å². The maximum atomic E-state index is 10.5. The van der Waals surface area contributed by atoms with Crippen LogP contribution < -0.4 is 5.19 Å². The molecule has 2 heteroatoms. The minimum atomic E-state index is -0.896. The second kappa shape index (κ2) is 4.09. The van der Waals surface area contributed by atoms with Crippen LogP contribution in [0.4, 0.5) is 0 Å². The zero-order chi connectivity index (χ0) is 10.8. The summed E-state index contributed by atoms with van der Waals surface area (Å²) in [5.41, 5.74) is 0.767. The summed E-state index contributed by atoms with van der Waals surface area (Å²) in [6.45, 7) is 9.22. The van der Waals surface area contributed by atoms with Gasteiger partial charge in [-0.3, -0.25) is 4.79 Å². The highest BCUT2D eigenvalue weighted by atomic mass is 28.3. The Balaban J connectivity index is 2.92. The van der Waals surface area contributed by atoms with Crippen molar-refractivity contribution in [3.63, 3.8) is 0 Å². The SMILES string of the molecule is C[SiH](c1ccc(C=O)cc1)C(C)(C)C. The molecule has 1 unspecified atom stereocenters. The Kier molecular flexibility index (Phi) is 3.27. The van der Waals surface area contributed by atoms with E-state index in [2.05, 4.69) is 39.5 Å². The fraction of sp³-hybridized carbons (Fsp3) is 0.417. The zero-order valence-electron chi connectivity index (χ0n) is 9.37. The average molecular weight is 206 g/mol.